The number of carboxylic acids is 1. The first kappa shape index (κ1) is 9.21. The van der Waals surface area contributed by atoms with E-state index >= 15 is 0 Å². The summed E-state index contributed by atoms with van der Waals surface area (Å²) in [6, 6.07) is 0.196. The normalized spacial score (nSPS) is 21.4. The second-order valence-electron chi connectivity index (χ2n) is 3.43. The summed E-state index contributed by atoms with van der Waals surface area (Å²) >= 11 is 0. The van der Waals surface area contributed by atoms with Crippen LogP contribution in [0.3, 0.4) is 0 Å². The van der Waals surface area contributed by atoms with Gasteiger partial charge < -0.3 is 9.84 Å². The lowest BCUT2D eigenvalue weighted by atomic mass is 10.2. The van der Waals surface area contributed by atoms with Gasteiger partial charge in [0.1, 0.15) is 5.56 Å². The molecule has 1 atom stereocenters. The highest BCUT2D eigenvalue weighted by molar-refractivity contribution is 5.88. The predicted molar refractivity (Wildman–Crippen MR) is 48.4 cm³/mol. The van der Waals surface area contributed by atoms with Crippen molar-refractivity contribution in [2.24, 2.45) is 0 Å². The molecule has 0 spiro atoms. The van der Waals surface area contributed by atoms with Crippen molar-refractivity contribution in [3.05, 3.63) is 17.5 Å². The molecule has 0 radical (unpaired) electrons. The summed E-state index contributed by atoms with van der Waals surface area (Å²) in [5.74, 6) is -0.923. The molecular weight excluding hydrogens is 184 g/mol. The minimum Gasteiger partial charge on any atom is -0.478 e. The van der Waals surface area contributed by atoms with E-state index in [4.69, 9.17) is 9.84 Å². The van der Waals surface area contributed by atoms with E-state index in [-0.39, 0.29) is 11.6 Å². The van der Waals surface area contributed by atoms with Crippen LogP contribution in [0.15, 0.2) is 6.20 Å². The van der Waals surface area contributed by atoms with Crippen molar-refractivity contribution < 1.29 is 14.6 Å². The molecule has 0 aliphatic carbocycles. The second-order valence-corrected chi connectivity index (χ2v) is 3.43. The lowest BCUT2D eigenvalue weighted by molar-refractivity contribution is 0.0696. The molecule has 1 aromatic heterocycles. The van der Waals surface area contributed by atoms with E-state index in [1.165, 1.54) is 0 Å². The zero-order valence-electron chi connectivity index (χ0n) is 7.93. The second kappa shape index (κ2) is 3.42. The fourth-order valence-electron chi connectivity index (χ4n) is 1.61. The van der Waals surface area contributed by atoms with Crippen molar-refractivity contribution in [1.82, 2.24) is 9.78 Å². The molecular formula is C9H12N2O3. The number of aryl methyl sites for hydroxylation is 1. The Kier molecular flexibility index (Phi) is 2.25. The summed E-state index contributed by atoms with van der Waals surface area (Å²) in [6.07, 6.45) is 2.48. The number of carbonyl (C=O) groups is 1. The third kappa shape index (κ3) is 1.50. The van der Waals surface area contributed by atoms with Gasteiger partial charge in [-0.1, -0.05) is 0 Å². The molecule has 1 N–H and O–H groups in total. The highest BCUT2D eigenvalue weighted by Gasteiger charge is 2.21. The monoisotopic (exact) mass is 196 g/mol. The van der Waals surface area contributed by atoms with Crippen molar-refractivity contribution in [2.75, 3.05) is 13.2 Å². The molecule has 0 saturated carbocycles. The molecule has 0 bridgehead atoms. The number of nitrogens with zero attached hydrogens (tertiary/aromatic N) is 2. The molecule has 76 valence electrons. The number of aromatic carboxylic acids is 1. The maximum Gasteiger partial charge on any atom is 0.339 e. The van der Waals surface area contributed by atoms with Crippen LogP contribution in [-0.4, -0.2) is 34.1 Å². The Balaban J connectivity index is 2.27. The van der Waals surface area contributed by atoms with E-state index in [1.807, 2.05) is 0 Å². The summed E-state index contributed by atoms with van der Waals surface area (Å²) in [7, 11) is 0. The van der Waals surface area contributed by atoms with E-state index in [9.17, 15) is 4.79 Å². The van der Waals surface area contributed by atoms with E-state index in [0.717, 1.165) is 13.0 Å². The molecule has 1 aliphatic heterocycles. The van der Waals surface area contributed by atoms with E-state index in [1.54, 1.807) is 17.8 Å². The van der Waals surface area contributed by atoms with Crippen LogP contribution >= 0.6 is 0 Å². The molecule has 1 unspecified atom stereocenters. The SMILES string of the molecule is Cc1nn(C2CCOC2)cc1C(=O)O. The van der Waals surface area contributed by atoms with Crippen LogP contribution in [0, 0.1) is 6.92 Å². The zero-order valence-corrected chi connectivity index (χ0v) is 7.93. The van der Waals surface area contributed by atoms with Crippen LogP contribution in [0.4, 0.5) is 0 Å². The average Bonchev–Trinajstić information content (AvgIpc) is 2.70. The maximum atomic E-state index is 10.8. The van der Waals surface area contributed by atoms with Gasteiger partial charge in [-0.25, -0.2) is 4.79 Å². The van der Waals surface area contributed by atoms with Gasteiger partial charge in [-0.3, -0.25) is 4.68 Å². The number of hydrogen-bond donors (Lipinski definition) is 1. The Labute approximate surface area is 81.3 Å². The van der Waals surface area contributed by atoms with Crippen LogP contribution in [-0.2, 0) is 4.74 Å². The van der Waals surface area contributed by atoms with Gasteiger partial charge in [0.15, 0.2) is 0 Å². The molecule has 0 amide bonds. The third-order valence-electron chi connectivity index (χ3n) is 2.43. The van der Waals surface area contributed by atoms with Gasteiger partial charge in [0.25, 0.3) is 0 Å². The Morgan fingerprint density at radius 2 is 2.57 bits per heavy atom. The summed E-state index contributed by atoms with van der Waals surface area (Å²) in [6.45, 7) is 3.06. The first-order chi connectivity index (χ1) is 6.68. The smallest absolute Gasteiger partial charge is 0.339 e. The summed E-state index contributed by atoms with van der Waals surface area (Å²) in [4.78, 5) is 10.8. The molecule has 14 heavy (non-hydrogen) atoms. The van der Waals surface area contributed by atoms with Crippen LogP contribution in [0.25, 0.3) is 0 Å². The number of ether oxygens (including phenoxy) is 1. The summed E-state index contributed by atoms with van der Waals surface area (Å²) < 4.78 is 6.91. The first-order valence-corrected chi connectivity index (χ1v) is 4.55. The van der Waals surface area contributed by atoms with E-state index in [0.29, 0.717) is 12.3 Å². The van der Waals surface area contributed by atoms with Crippen molar-refractivity contribution >= 4 is 5.97 Å². The van der Waals surface area contributed by atoms with Gasteiger partial charge in [-0.2, -0.15) is 5.10 Å². The predicted octanol–water partition coefficient (Wildman–Crippen LogP) is 0.851. The average molecular weight is 196 g/mol. The molecule has 1 fully saturated rings. The summed E-state index contributed by atoms with van der Waals surface area (Å²) in [5.41, 5.74) is 0.835. The number of rotatable bonds is 2. The van der Waals surface area contributed by atoms with Gasteiger partial charge in [0.05, 0.1) is 18.3 Å². The van der Waals surface area contributed by atoms with E-state index < -0.39 is 5.97 Å². The molecule has 5 heteroatoms. The van der Waals surface area contributed by atoms with Crippen molar-refractivity contribution in [2.45, 2.75) is 19.4 Å². The zero-order chi connectivity index (χ0) is 10.1. The minimum absolute atomic E-state index is 0.196. The van der Waals surface area contributed by atoms with E-state index in [2.05, 4.69) is 5.10 Å². The Morgan fingerprint density at radius 3 is 3.07 bits per heavy atom. The standard InChI is InChI=1S/C9H12N2O3/c1-6-8(9(12)13)4-11(10-6)7-2-3-14-5-7/h4,7H,2-3,5H2,1H3,(H,12,13). The Morgan fingerprint density at radius 1 is 1.79 bits per heavy atom. The highest BCUT2D eigenvalue weighted by Crippen LogP contribution is 2.19. The van der Waals surface area contributed by atoms with Gasteiger partial charge in [-0.05, 0) is 13.3 Å². The molecule has 1 aliphatic rings. The quantitative estimate of drug-likeness (QED) is 0.761. The number of carboxylic acid groups (broad SMARTS) is 1. The van der Waals surface area contributed by atoms with Crippen molar-refractivity contribution in [3.63, 3.8) is 0 Å². The Bertz CT molecular complexity index is 353. The van der Waals surface area contributed by atoms with Crippen LogP contribution in [0.5, 0.6) is 0 Å². The van der Waals surface area contributed by atoms with Gasteiger partial charge in [-0.15, -0.1) is 0 Å². The topological polar surface area (TPSA) is 64.4 Å². The van der Waals surface area contributed by atoms with Crippen LogP contribution in [0.1, 0.15) is 28.5 Å². The minimum atomic E-state index is -0.923. The van der Waals surface area contributed by atoms with Crippen molar-refractivity contribution in [1.29, 1.82) is 0 Å². The third-order valence-corrected chi connectivity index (χ3v) is 2.43. The molecule has 1 aromatic rings. The lowest BCUT2D eigenvalue weighted by Gasteiger charge is -2.06. The van der Waals surface area contributed by atoms with Gasteiger partial charge in [0, 0.05) is 12.8 Å². The maximum absolute atomic E-state index is 10.8. The molecule has 1 saturated heterocycles. The molecule has 2 heterocycles. The first-order valence-electron chi connectivity index (χ1n) is 4.55. The van der Waals surface area contributed by atoms with Gasteiger partial charge in [0.2, 0.25) is 0 Å². The van der Waals surface area contributed by atoms with Gasteiger partial charge >= 0.3 is 5.97 Å². The largest absolute Gasteiger partial charge is 0.478 e. The lowest BCUT2D eigenvalue weighted by Crippen LogP contribution is -2.09. The summed E-state index contributed by atoms with van der Waals surface area (Å²) in [5, 5.41) is 13.0. The molecule has 0 aromatic carbocycles. The molecule has 2 rings (SSSR count). The number of hydrogen-bond acceptors (Lipinski definition) is 3. The van der Waals surface area contributed by atoms with Crippen LogP contribution in [0.2, 0.25) is 0 Å². The van der Waals surface area contributed by atoms with Crippen LogP contribution < -0.4 is 0 Å². The highest BCUT2D eigenvalue weighted by atomic mass is 16.5. The molecule has 5 nitrogen and oxygen atoms in total. The Hall–Kier alpha value is -1.36. The number of aromatic nitrogens is 2. The fourth-order valence-corrected chi connectivity index (χ4v) is 1.61. The fraction of sp³-hybridized carbons (Fsp3) is 0.556. The van der Waals surface area contributed by atoms with Crippen molar-refractivity contribution in [3.8, 4) is 0 Å².